The number of fused-ring (bicyclic) bond motifs is 3. The van der Waals surface area contributed by atoms with E-state index in [0.717, 1.165) is 16.3 Å². The third-order valence-electron chi connectivity index (χ3n) is 5.90. The van der Waals surface area contributed by atoms with Crippen LogP contribution in [0.4, 0.5) is 0 Å². The van der Waals surface area contributed by atoms with Crippen LogP contribution in [0, 0.1) is 0 Å². The molecule has 33 heavy (non-hydrogen) atoms. The first-order valence-corrected chi connectivity index (χ1v) is 11.3. The highest BCUT2D eigenvalue weighted by Gasteiger charge is 2.56. The van der Waals surface area contributed by atoms with E-state index in [1.54, 1.807) is 6.07 Å². The average molecular weight is 487 g/mol. The van der Waals surface area contributed by atoms with E-state index in [9.17, 15) is 0 Å². The molecule has 6 rings (SSSR count). The lowest BCUT2D eigenvalue weighted by atomic mass is 10.1. The van der Waals surface area contributed by atoms with E-state index in [4.69, 9.17) is 42.1 Å². The van der Waals surface area contributed by atoms with Crippen LogP contribution in [0.2, 0.25) is 10.3 Å². The molecular formula is C23H20Cl2N4O4. The van der Waals surface area contributed by atoms with Gasteiger partial charge >= 0.3 is 0 Å². The summed E-state index contributed by atoms with van der Waals surface area (Å²) in [5.74, 6) is -0.0700. The van der Waals surface area contributed by atoms with Crippen LogP contribution in [0.1, 0.15) is 20.1 Å². The zero-order valence-electron chi connectivity index (χ0n) is 17.8. The molecule has 1 aromatic carbocycles. The smallest absolute Gasteiger partial charge is 0.164 e. The fourth-order valence-electron chi connectivity index (χ4n) is 4.50. The van der Waals surface area contributed by atoms with Gasteiger partial charge in [-0.1, -0.05) is 23.2 Å². The van der Waals surface area contributed by atoms with Crippen molar-refractivity contribution in [3.8, 4) is 5.75 Å². The van der Waals surface area contributed by atoms with Crippen LogP contribution in [-0.2, 0) is 14.2 Å². The highest BCUT2D eigenvalue weighted by atomic mass is 35.5. The number of halogens is 2. The van der Waals surface area contributed by atoms with Gasteiger partial charge in [0.2, 0.25) is 0 Å². The van der Waals surface area contributed by atoms with Crippen molar-refractivity contribution in [1.29, 1.82) is 0 Å². The fraction of sp³-hybridized carbons (Fsp3) is 0.348. The second kappa shape index (κ2) is 7.78. The van der Waals surface area contributed by atoms with Gasteiger partial charge in [0.25, 0.3) is 0 Å². The first-order valence-electron chi connectivity index (χ1n) is 10.6. The molecule has 4 atom stereocenters. The van der Waals surface area contributed by atoms with E-state index in [1.807, 2.05) is 54.9 Å². The van der Waals surface area contributed by atoms with Gasteiger partial charge in [-0.15, -0.1) is 0 Å². The summed E-state index contributed by atoms with van der Waals surface area (Å²) in [5.41, 5.74) is 1.44. The Balaban J connectivity index is 1.27. The molecule has 0 N–H and O–H groups in total. The van der Waals surface area contributed by atoms with Gasteiger partial charge in [-0.05, 0) is 44.2 Å². The molecule has 0 saturated carbocycles. The Morgan fingerprint density at radius 2 is 1.88 bits per heavy atom. The van der Waals surface area contributed by atoms with Crippen LogP contribution in [0.3, 0.4) is 0 Å². The molecule has 2 aliphatic heterocycles. The maximum absolute atomic E-state index is 6.39. The normalized spacial score (nSPS) is 26.2. The Bertz CT molecular complexity index is 1360. The van der Waals surface area contributed by atoms with Crippen LogP contribution >= 0.6 is 23.2 Å². The molecule has 2 aliphatic rings. The van der Waals surface area contributed by atoms with Crippen LogP contribution in [0.15, 0.2) is 48.9 Å². The second-order valence-corrected chi connectivity index (χ2v) is 9.30. The maximum Gasteiger partial charge on any atom is 0.164 e. The standard InChI is InChI=1S/C23H20Cl2N4O4/c1-23(2)32-18-16(10-30-13-5-3-12-4-6-17(24)28-15(12)9-13)31-22(19(18)33-23)29-8-7-14-20(25)26-11-27-21(14)29/h3-9,11,16,18-19,22H,10H2,1-2H3/t16-,18-,19-,22-/m1/s1. The van der Waals surface area contributed by atoms with Gasteiger partial charge in [-0.3, -0.25) is 0 Å². The molecule has 0 spiro atoms. The molecule has 5 heterocycles. The van der Waals surface area contributed by atoms with Crippen LogP contribution in [0.25, 0.3) is 21.9 Å². The molecule has 2 saturated heterocycles. The van der Waals surface area contributed by atoms with E-state index in [-0.39, 0.29) is 24.9 Å². The molecule has 10 heteroatoms. The van der Waals surface area contributed by atoms with Crippen LogP contribution in [0.5, 0.6) is 5.75 Å². The molecule has 3 aromatic heterocycles. The van der Waals surface area contributed by atoms with Gasteiger partial charge in [0, 0.05) is 17.6 Å². The minimum absolute atomic E-state index is 0.276. The highest BCUT2D eigenvalue weighted by Crippen LogP contribution is 2.44. The van der Waals surface area contributed by atoms with Crippen molar-refractivity contribution in [3.05, 3.63) is 59.2 Å². The molecule has 2 fully saturated rings. The van der Waals surface area contributed by atoms with Crippen molar-refractivity contribution < 1.29 is 18.9 Å². The first-order chi connectivity index (χ1) is 15.9. The summed E-state index contributed by atoms with van der Waals surface area (Å²) in [7, 11) is 0. The zero-order chi connectivity index (χ0) is 22.7. The minimum Gasteiger partial charge on any atom is -0.491 e. The summed E-state index contributed by atoms with van der Waals surface area (Å²) in [5, 5.41) is 2.56. The lowest BCUT2D eigenvalue weighted by Gasteiger charge is -2.25. The SMILES string of the molecule is CC1(C)O[C@@H]2[C@H](O1)[C@@H](COc1ccc3ccc(Cl)nc3c1)O[C@H]2n1ccc2c(Cl)ncnc21. The molecule has 0 aliphatic carbocycles. The quantitative estimate of drug-likeness (QED) is 0.303. The number of aromatic nitrogens is 4. The van der Waals surface area contributed by atoms with Gasteiger partial charge in [0.15, 0.2) is 12.0 Å². The Labute approximate surface area is 199 Å². The number of hydrogen-bond donors (Lipinski definition) is 0. The van der Waals surface area contributed by atoms with Gasteiger partial charge in [-0.2, -0.15) is 0 Å². The predicted octanol–water partition coefficient (Wildman–Crippen LogP) is 4.78. The van der Waals surface area contributed by atoms with Crippen molar-refractivity contribution in [2.45, 2.75) is 44.2 Å². The third-order valence-corrected chi connectivity index (χ3v) is 6.42. The number of rotatable bonds is 4. The topological polar surface area (TPSA) is 80.5 Å². The summed E-state index contributed by atoms with van der Waals surface area (Å²) in [6.07, 6.45) is 1.85. The molecule has 0 amide bonds. The van der Waals surface area contributed by atoms with E-state index in [1.165, 1.54) is 6.33 Å². The summed E-state index contributed by atoms with van der Waals surface area (Å²) in [6, 6.07) is 11.3. The van der Waals surface area contributed by atoms with Crippen molar-refractivity contribution in [2.24, 2.45) is 0 Å². The lowest BCUT2D eigenvalue weighted by Crippen LogP contribution is -2.33. The average Bonchev–Trinajstić information content (AvgIpc) is 3.43. The second-order valence-electron chi connectivity index (χ2n) is 8.55. The van der Waals surface area contributed by atoms with E-state index >= 15 is 0 Å². The number of ether oxygens (including phenoxy) is 4. The predicted molar refractivity (Wildman–Crippen MR) is 123 cm³/mol. The Morgan fingerprint density at radius 1 is 1.06 bits per heavy atom. The van der Waals surface area contributed by atoms with Gasteiger partial charge < -0.3 is 23.5 Å². The lowest BCUT2D eigenvalue weighted by molar-refractivity contribution is -0.198. The maximum atomic E-state index is 6.39. The summed E-state index contributed by atoms with van der Waals surface area (Å²) in [4.78, 5) is 12.8. The van der Waals surface area contributed by atoms with Crippen LogP contribution < -0.4 is 4.74 Å². The van der Waals surface area contributed by atoms with Crippen molar-refractivity contribution in [1.82, 2.24) is 19.5 Å². The molecule has 0 unspecified atom stereocenters. The van der Waals surface area contributed by atoms with Gasteiger partial charge in [0.05, 0.1) is 10.9 Å². The van der Waals surface area contributed by atoms with Crippen molar-refractivity contribution in [2.75, 3.05) is 6.61 Å². The molecule has 8 nitrogen and oxygen atoms in total. The Morgan fingerprint density at radius 3 is 2.76 bits per heavy atom. The number of benzene rings is 1. The molecule has 0 radical (unpaired) electrons. The van der Waals surface area contributed by atoms with Gasteiger partial charge in [-0.25, -0.2) is 15.0 Å². The van der Waals surface area contributed by atoms with Crippen LogP contribution in [-0.4, -0.2) is 50.2 Å². The number of hydrogen-bond acceptors (Lipinski definition) is 7. The van der Waals surface area contributed by atoms with Crippen molar-refractivity contribution in [3.63, 3.8) is 0 Å². The Hall–Kier alpha value is -2.49. The monoisotopic (exact) mass is 486 g/mol. The fourth-order valence-corrected chi connectivity index (χ4v) is 4.85. The van der Waals surface area contributed by atoms with E-state index < -0.39 is 12.0 Å². The minimum atomic E-state index is -0.741. The van der Waals surface area contributed by atoms with Crippen molar-refractivity contribution >= 4 is 45.1 Å². The molecule has 4 aromatic rings. The molecule has 170 valence electrons. The summed E-state index contributed by atoms with van der Waals surface area (Å²) < 4.78 is 26.8. The largest absolute Gasteiger partial charge is 0.491 e. The number of nitrogens with zero attached hydrogens (tertiary/aromatic N) is 4. The molecular weight excluding hydrogens is 467 g/mol. The summed E-state index contributed by atoms with van der Waals surface area (Å²) in [6.45, 7) is 4.07. The van der Waals surface area contributed by atoms with Gasteiger partial charge in [0.1, 0.15) is 52.9 Å². The third kappa shape index (κ3) is 3.72. The molecule has 0 bridgehead atoms. The van der Waals surface area contributed by atoms with E-state index in [0.29, 0.717) is 21.7 Å². The first kappa shape index (κ1) is 21.1. The van der Waals surface area contributed by atoms with E-state index in [2.05, 4.69) is 15.0 Å². The highest BCUT2D eigenvalue weighted by molar-refractivity contribution is 6.33. The zero-order valence-corrected chi connectivity index (χ0v) is 19.3. The Kier molecular flexibility index (Phi) is 4.97. The number of pyridine rings is 1. The summed E-state index contributed by atoms with van der Waals surface area (Å²) >= 11 is 12.3.